The molecule has 0 fully saturated rings. The minimum Gasteiger partial charge on any atom is -0.495 e. The fourth-order valence-electron chi connectivity index (χ4n) is 3.01. The zero-order valence-corrected chi connectivity index (χ0v) is 20.4. The van der Waals surface area contributed by atoms with E-state index in [1.54, 1.807) is 48.5 Å². The average Bonchev–Trinajstić information content (AvgIpc) is 2.84. The molecule has 0 aliphatic heterocycles. The van der Waals surface area contributed by atoms with Crippen LogP contribution in [0.1, 0.15) is 12.5 Å². The van der Waals surface area contributed by atoms with Crippen molar-refractivity contribution in [3.63, 3.8) is 0 Å². The van der Waals surface area contributed by atoms with E-state index in [2.05, 4.69) is 10.5 Å². The normalized spacial score (nSPS) is 11.2. The molecule has 9 nitrogen and oxygen atoms in total. The first-order chi connectivity index (χ1) is 16.7. The van der Waals surface area contributed by atoms with Gasteiger partial charge in [0, 0.05) is 11.9 Å². The molecule has 182 valence electrons. The Kier molecular flexibility index (Phi) is 8.45. The minimum absolute atomic E-state index is 0.00815. The Hall–Kier alpha value is -3.89. The summed E-state index contributed by atoms with van der Waals surface area (Å²) >= 11 is 6.11. The van der Waals surface area contributed by atoms with Gasteiger partial charge in [-0.1, -0.05) is 29.8 Å². The van der Waals surface area contributed by atoms with Gasteiger partial charge in [0.1, 0.15) is 18.0 Å². The van der Waals surface area contributed by atoms with Gasteiger partial charge in [0.2, 0.25) is 0 Å². The van der Waals surface area contributed by atoms with E-state index in [0.717, 1.165) is 4.31 Å². The van der Waals surface area contributed by atoms with Crippen LogP contribution in [0.15, 0.2) is 82.8 Å². The maximum absolute atomic E-state index is 13.4. The molecule has 11 heteroatoms. The summed E-state index contributed by atoms with van der Waals surface area (Å²) in [5.74, 6) is -0.543. The highest BCUT2D eigenvalue weighted by Gasteiger charge is 2.29. The zero-order chi connectivity index (χ0) is 25.4. The zero-order valence-electron chi connectivity index (χ0n) is 18.8. The monoisotopic (exact) mass is 515 g/mol. The molecule has 0 aromatic heterocycles. The van der Waals surface area contributed by atoms with E-state index in [0.29, 0.717) is 11.3 Å². The van der Waals surface area contributed by atoms with Gasteiger partial charge in [0.05, 0.1) is 23.9 Å². The molecule has 0 spiro atoms. The lowest BCUT2D eigenvalue weighted by molar-refractivity contribution is -0.131. The number of carbonyl (C=O) groups excluding carboxylic acids is 2. The predicted octanol–water partition coefficient (Wildman–Crippen LogP) is 3.62. The number of methoxy groups -OCH3 is 1. The largest absolute Gasteiger partial charge is 0.495 e. The number of rotatable bonds is 9. The Bertz CT molecular complexity index is 1330. The Morgan fingerprint density at radius 3 is 2.37 bits per heavy atom. The molecule has 0 heterocycles. The maximum Gasteiger partial charge on any atom is 0.308 e. The minimum atomic E-state index is -4.15. The van der Waals surface area contributed by atoms with Crippen molar-refractivity contribution in [1.29, 1.82) is 0 Å². The lowest BCUT2D eigenvalue weighted by atomic mass is 10.2. The lowest BCUT2D eigenvalue weighted by Gasteiger charge is -2.25. The molecule has 35 heavy (non-hydrogen) atoms. The first kappa shape index (κ1) is 25.7. The lowest BCUT2D eigenvalue weighted by Crippen LogP contribution is -2.39. The van der Waals surface area contributed by atoms with Gasteiger partial charge in [0.15, 0.2) is 0 Å². The smallest absolute Gasteiger partial charge is 0.308 e. The topological polar surface area (TPSA) is 114 Å². The molecule has 0 radical (unpaired) electrons. The van der Waals surface area contributed by atoms with Gasteiger partial charge in [-0.2, -0.15) is 5.10 Å². The fraction of sp³-hybridized carbons (Fsp3) is 0.125. The summed E-state index contributed by atoms with van der Waals surface area (Å²) in [6.07, 6.45) is 1.37. The van der Waals surface area contributed by atoms with Crippen molar-refractivity contribution in [3.05, 3.63) is 83.4 Å². The number of carbonyl (C=O) groups is 2. The van der Waals surface area contributed by atoms with Crippen molar-refractivity contribution in [2.24, 2.45) is 5.10 Å². The molecule has 0 unspecified atom stereocenters. The second-order valence-electron chi connectivity index (χ2n) is 7.10. The van der Waals surface area contributed by atoms with Crippen LogP contribution in [-0.4, -0.2) is 40.2 Å². The summed E-state index contributed by atoms with van der Waals surface area (Å²) < 4.78 is 38.0. The van der Waals surface area contributed by atoms with E-state index in [1.165, 1.54) is 44.5 Å². The molecule has 1 N–H and O–H groups in total. The highest BCUT2D eigenvalue weighted by Crippen LogP contribution is 2.34. The number of hydrogen-bond donors (Lipinski definition) is 1. The summed E-state index contributed by atoms with van der Waals surface area (Å²) in [6, 6.07) is 18.6. The molecule has 0 bridgehead atoms. The molecule has 0 saturated carbocycles. The van der Waals surface area contributed by atoms with Crippen molar-refractivity contribution in [2.75, 3.05) is 18.0 Å². The van der Waals surface area contributed by atoms with Crippen molar-refractivity contribution in [3.8, 4) is 11.5 Å². The summed E-state index contributed by atoms with van der Waals surface area (Å²) in [4.78, 5) is 23.7. The summed E-state index contributed by atoms with van der Waals surface area (Å²) in [5, 5.41) is 4.15. The number of hydrogen-bond acceptors (Lipinski definition) is 7. The van der Waals surface area contributed by atoms with Gasteiger partial charge in [0.25, 0.3) is 15.9 Å². The molecule has 1 amide bonds. The molecular weight excluding hydrogens is 494 g/mol. The second kappa shape index (κ2) is 11.5. The number of hydrazone groups is 1. The molecular formula is C24H22ClN3O6S. The van der Waals surface area contributed by atoms with Gasteiger partial charge in [-0.15, -0.1) is 0 Å². The number of amides is 1. The third-order valence-corrected chi connectivity index (χ3v) is 6.58. The van der Waals surface area contributed by atoms with Gasteiger partial charge in [-0.25, -0.2) is 13.8 Å². The Morgan fingerprint density at radius 1 is 1.06 bits per heavy atom. The molecule has 3 aromatic rings. The molecule has 0 aliphatic carbocycles. The van der Waals surface area contributed by atoms with Gasteiger partial charge >= 0.3 is 5.97 Å². The molecule has 3 rings (SSSR count). The number of nitrogens with zero attached hydrogens (tertiary/aromatic N) is 2. The van der Waals surface area contributed by atoms with Crippen molar-refractivity contribution < 1.29 is 27.5 Å². The number of sulfonamides is 1. The summed E-state index contributed by atoms with van der Waals surface area (Å²) in [5.41, 5.74) is 3.04. The first-order valence-electron chi connectivity index (χ1n) is 10.2. The van der Waals surface area contributed by atoms with E-state index >= 15 is 0 Å². The maximum atomic E-state index is 13.4. The predicted molar refractivity (Wildman–Crippen MR) is 132 cm³/mol. The number of esters is 1. The van der Waals surface area contributed by atoms with Gasteiger partial charge in [-0.05, 0) is 60.2 Å². The number of anilines is 1. The number of nitrogens with one attached hydrogen (secondary N) is 1. The van der Waals surface area contributed by atoms with Gasteiger partial charge < -0.3 is 9.47 Å². The standard InChI is InChI=1S/C24H22ClN3O6S/c1-17(29)34-20-11-8-18(9-12-20)15-26-27-24(30)16-28(22-14-19(25)10-13-23(22)33-2)35(31,32)21-6-4-3-5-7-21/h3-15H,16H2,1-2H3,(H,27,30)/b26-15-. The summed E-state index contributed by atoms with van der Waals surface area (Å²) in [6.45, 7) is 0.710. The molecule has 0 saturated heterocycles. The second-order valence-corrected chi connectivity index (χ2v) is 9.40. The number of ether oxygens (including phenoxy) is 2. The van der Waals surface area contributed by atoms with Crippen LogP contribution >= 0.6 is 11.6 Å². The highest BCUT2D eigenvalue weighted by molar-refractivity contribution is 7.92. The van der Waals surface area contributed by atoms with Crippen molar-refractivity contribution in [1.82, 2.24) is 5.43 Å². The SMILES string of the molecule is COc1ccc(Cl)cc1N(CC(=O)N/N=C\c1ccc(OC(C)=O)cc1)S(=O)(=O)c1ccccc1. The molecule has 0 atom stereocenters. The van der Waals surface area contributed by atoms with Crippen LogP contribution in [0.4, 0.5) is 5.69 Å². The summed E-state index contributed by atoms with van der Waals surface area (Å²) in [7, 11) is -2.76. The van der Waals surface area contributed by atoms with Gasteiger partial charge in [-0.3, -0.25) is 13.9 Å². The highest BCUT2D eigenvalue weighted by atomic mass is 35.5. The van der Waals surface area contributed by atoms with Crippen LogP contribution in [0.3, 0.4) is 0 Å². The molecule has 3 aromatic carbocycles. The fourth-order valence-corrected chi connectivity index (χ4v) is 4.62. The van der Waals surface area contributed by atoms with E-state index in [4.69, 9.17) is 21.1 Å². The number of halogens is 1. The van der Waals surface area contributed by atoms with Crippen LogP contribution in [0.5, 0.6) is 11.5 Å². The van der Waals surface area contributed by atoms with E-state index in [1.807, 2.05) is 0 Å². The Morgan fingerprint density at radius 2 is 1.74 bits per heavy atom. The molecule has 0 aliphatic rings. The third-order valence-electron chi connectivity index (χ3n) is 4.57. The first-order valence-corrected chi connectivity index (χ1v) is 12.0. The van der Waals surface area contributed by atoms with Crippen molar-refractivity contribution >= 4 is 45.4 Å². The van der Waals surface area contributed by atoms with E-state index in [-0.39, 0.29) is 21.4 Å². The van der Waals surface area contributed by atoms with Crippen molar-refractivity contribution in [2.45, 2.75) is 11.8 Å². The van der Waals surface area contributed by atoms with Crippen LogP contribution in [-0.2, 0) is 19.6 Å². The average molecular weight is 516 g/mol. The Balaban J connectivity index is 1.83. The quantitative estimate of drug-likeness (QED) is 0.201. The number of benzene rings is 3. The van der Waals surface area contributed by atoms with E-state index < -0.39 is 28.4 Å². The van der Waals surface area contributed by atoms with Crippen LogP contribution in [0.25, 0.3) is 0 Å². The third kappa shape index (κ3) is 6.81. The Labute approximate surface area is 208 Å². The van der Waals surface area contributed by atoms with E-state index in [9.17, 15) is 18.0 Å². The van der Waals surface area contributed by atoms with Crippen LogP contribution in [0.2, 0.25) is 5.02 Å². The van der Waals surface area contributed by atoms with Crippen LogP contribution < -0.4 is 19.2 Å². The van der Waals surface area contributed by atoms with Crippen LogP contribution in [0, 0.1) is 0 Å².